The van der Waals surface area contributed by atoms with Gasteiger partial charge in [0.2, 0.25) is 6.29 Å². The van der Waals surface area contributed by atoms with Crippen molar-refractivity contribution in [2.24, 2.45) is 0 Å². The molecule has 0 aromatic rings. The van der Waals surface area contributed by atoms with Crippen molar-refractivity contribution in [3.05, 3.63) is 11.6 Å². The molecule has 1 unspecified atom stereocenters. The molecule has 0 amide bonds. The standard InChI is InChI=1S/C7H6O4/c8-5-1-2-10-7-4(5)3-6(9)11-7/h3,7H,1-2H2. The second-order valence-corrected chi connectivity index (χ2v) is 2.41. The van der Waals surface area contributed by atoms with E-state index in [1.807, 2.05) is 0 Å². The van der Waals surface area contributed by atoms with Crippen LogP contribution in [0.25, 0.3) is 0 Å². The lowest BCUT2D eigenvalue weighted by Crippen LogP contribution is -2.27. The third-order valence-corrected chi connectivity index (χ3v) is 1.67. The number of rotatable bonds is 0. The van der Waals surface area contributed by atoms with E-state index in [0.29, 0.717) is 18.6 Å². The summed E-state index contributed by atoms with van der Waals surface area (Å²) >= 11 is 0. The quantitative estimate of drug-likeness (QED) is 0.453. The van der Waals surface area contributed by atoms with Crippen LogP contribution < -0.4 is 0 Å². The zero-order chi connectivity index (χ0) is 7.84. The molecule has 2 aliphatic heterocycles. The first-order valence-corrected chi connectivity index (χ1v) is 3.34. The highest BCUT2D eigenvalue weighted by Gasteiger charge is 2.34. The third-order valence-electron chi connectivity index (χ3n) is 1.67. The number of carbonyl (C=O) groups excluding carboxylic acids is 2. The van der Waals surface area contributed by atoms with Gasteiger partial charge >= 0.3 is 5.97 Å². The molecule has 1 saturated heterocycles. The third kappa shape index (κ3) is 0.952. The first-order valence-electron chi connectivity index (χ1n) is 3.34. The number of hydrogen-bond donors (Lipinski definition) is 0. The van der Waals surface area contributed by atoms with Crippen LogP contribution >= 0.6 is 0 Å². The van der Waals surface area contributed by atoms with Gasteiger partial charge in [0.15, 0.2) is 5.78 Å². The maximum Gasteiger partial charge on any atom is 0.333 e. The van der Waals surface area contributed by atoms with Crippen LogP contribution in [0.4, 0.5) is 0 Å². The van der Waals surface area contributed by atoms with Gasteiger partial charge in [0.05, 0.1) is 12.2 Å². The summed E-state index contributed by atoms with van der Waals surface area (Å²) in [6.45, 7) is 0.341. The van der Waals surface area contributed by atoms with E-state index in [-0.39, 0.29) is 5.78 Å². The first-order chi connectivity index (χ1) is 5.27. The number of esters is 1. The van der Waals surface area contributed by atoms with E-state index in [4.69, 9.17) is 4.74 Å². The highest BCUT2D eigenvalue weighted by Crippen LogP contribution is 2.22. The Morgan fingerprint density at radius 2 is 2.27 bits per heavy atom. The van der Waals surface area contributed by atoms with Gasteiger partial charge in [0.25, 0.3) is 0 Å². The van der Waals surface area contributed by atoms with Crippen LogP contribution in [0, 0.1) is 0 Å². The monoisotopic (exact) mass is 154 g/mol. The van der Waals surface area contributed by atoms with Crippen molar-refractivity contribution in [1.82, 2.24) is 0 Å². The molecule has 2 rings (SSSR count). The molecular formula is C7H6O4. The lowest BCUT2D eigenvalue weighted by molar-refractivity contribution is -0.164. The molecule has 4 nitrogen and oxygen atoms in total. The van der Waals surface area contributed by atoms with Crippen LogP contribution in [-0.4, -0.2) is 24.6 Å². The van der Waals surface area contributed by atoms with E-state index in [9.17, 15) is 9.59 Å². The van der Waals surface area contributed by atoms with Gasteiger partial charge in [-0.1, -0.05) is 0 Å². The molecule has 58 valence electrons. The van der Waals surface area contributed by atoms with Gasteiger partial charge in [-0.05, 0) is 0 Å². The average Bonchev–Trinajstić information content (AvgIpc) is 2.31. The Kier molecular flexibility index (Phi) is 1.29. The lowest BCUT2D eigenvalue weighted by Gasteiger charge is -2.18. The Labute approximate surface area is 62.8 Å². The molecule has 4 heteroatoms. The van der Waals surface area contributed by atoms with E-state index in [1.165, 1.54) is 6.08 Å². The summed E-state index contributed by atoms with van der Waals surface area (Å²) in [6, 6.07) is 0. The molecule has 0 N–H and O–H groups in total. The van der Waals surface area contributed by atoms with E-state index in [0.717, 1.165) is 0 Å². The van der Waals surface area contributed by atoms with Crippen molar-refractivity contribution in [3.8, 4) is 0 Å². The number of hydrogen-bond acceptors (Lipinski definition) is 4. The largest absolute Gasteiger partial charge is 0.428 e. The molecule has 0 aromatic carbocycles. The van der Waals surface area contributed by atoms with E-state index < -0.39 is 12.3 Å². The zero-order valence-corrected chi connectivity index (χ0v) is 5.70. The molecule has 0 bridgehead atoms. The molecule has 0 saturated carbocycles. The molecular weight excluding hydrogens is 148 g/mol. The summed E-state index contributed by atoms with van der Waals surface area (Å²) in [6.07, 6.45) is 0.828. The van der Waals surface area contributed by atoms with Crippen molar-refractivity contribution in [2.75, 3.05) is 6.61 Å². The average molecular weight is 154 g/mol. The van der Waals surface area contributed by atoms with Gasteiger partial charge in [-0.3, -0.25) is 4.79 Å². The second-order valence-electron chi connectivity index (χ2n) is 2.41. The maximum atomic E-state index is 11.0. The Hall–Kier alpha value is -1.16. The number of ether oxygens (including phenoxy) is 2. The first kappa shape index (κ1) is 6.54. The summed E-state index contributed by atoms with van der Waals surface area (Å²) < 4.78 is 9.67. The van der Waals surface area contributed by atoms with Crippen LogP contribution in [0.5, 0.6) is 0 Å². The molecule has 2 heterocycles. The normalized spacial score (nSPS) is 29.5. The molecule has 2 aliphatic rings. The number of ketones is 1. The predicted molar refractivity (Wildman–Crippen MR) is 33.5 cm³/mol. The van der Waals surface area contributed by atoms with E-state index in [1.54, 1.807) is 0 Å². The summed E-state index contributed by atoms with van der Waals surface area (Å²) in [5.41, 5.74) is 0.362. The van der Waals surface area contributed by atoms with Crippen molar-refractivity contribution in [2.45, 2.75) is 12.7 Å². The van der Waals surface area contributed by atoms with Crippen LogP contribution in [0.15, 0.2) is 11.6 Å². The topological polar surface area (TPSA) is 52.6 Å². The minimum Gasteiger partial charge on any atom is -0.428 e. The number of carbonyl (C=O) groups is 2. The van der Waals surface area contributed by atoms with Crippen molar-refractivity contribution >= 4 is 11.8 Å². The van der Waals surface area contributed by atoms with Gasteiger partial charge in [-0.15, -0.1) is 0 Å². The lowest BCUT2D eigenvalue weighted by atomic mass is 10.1. The molecule has 0 radical (unpaired) electrons. The fraction of sp³-hybridized carbons (Fsp3) is 0.429. The van der Waals surface area contributed by atoms with Gasteiger partial charge in [-0.25, -0.2) is 4.79 Å². The van der Waals surface area contributed by atoms with Gasteiger partial charge in [0.1, 0.15) is 0 Å². The SMILES string of the molecule is O=C1C=C2C(=O)CCOC2O1. The Bertz CT molecular complexity index is 253. The summed E-state index contributed by atoms with van der Waals surface area (Å²) in [5.74, 6) is -0.535. The highest BCUT2D eigenvalue weighted by molar-refractivity contribution is 6.04. The molecule has 0 spiro atoms. The van der Waals surface area contributed by atoms with Crippen molar-refractivity contribution in [1.29, 1.82) is 0 Å². The molecule has 1 fully saturated rings. The molecule has 0 aromatic heterocycles. The predicted octanol–water partition coefficient (Wildman–Crippen LogP) is -0.215. The van der Waals surface area contributed by atoms with Gasteiger partial charge < -0.3 is 9.47 Å². The molecule has 11 heavy (non-hydrogen) atoms. The van der Waals surface area contributed by atoms with Crippen LogP contribution in [0.2, 0.25) is 0 Å². The Morgan fingerprint density at radius 3 is 3.00 bits per heavy atom. The maximum absolute atomic E-state index is 11.0. The summed E-state index contributed by atoms with van der Waals surface area (Å²) in [5, 5.41) is 0. The summed E-state index contributed by atoms with van der Waals surface area (Å²) in [7, 11) is 0. The Balaban J connectivity index is 2.29. The molecule has 1 atom stereocenters. The number of fused-ring (bicyclic) bond motifs is 1. The smallest absolute Gasteiger partial charge is 0.333 e. The van der Waals surface area contributed by atoms with Crippen LogP contribution in [0.1, 0.15) is 6.42 Å². The second kappa shape index (κ2) is 2.17. The molecule has 0 aliphatic carbocycles. The number of Topliss-reactive ketones (excluding diaryl/α,β-unsaturated/α-hetero) is 1. The Morgan fingerprint density at radius 1 is 1.45 bits per heavy atom. The van der Waals surface area contributed by atoms with Gasteiger partial charge in [-0.2, -0.15) is 0 Å². The fourth-order valence-electron chi connectivity index (χ4n) is 1.14. The minimum atomic E-state index is -0.719. The highest BCUT2D eigenvalue weighted by atomic mass is 16.7. The van der Waals surface area contributed by atoms with Crippen molar-refractivity contribution in [3.63, 3.8) is 0 Å². The fourth-order valence-corrected chi connectivity index (χ4v) is 1.14. The van der Waals surface area contributed by atoms with Crippen molar-refractivity contribution < 1.29 is 19.1 Å². The minimum absolute atomic E-state index is 0.0490. The van der Waals surface area contributed by atoms with E-state index in [2.05, 4.69) is 4.74 Å². The zero-order valence-electron chi connectivity index (χ0n) is 5.70. The van der Waals surface area contributed by atoms with Crippen LogP contribution in [0.3, 0.4) is 0 Å². The van der Waals surface area contributed by atoms with Crippen LogP contribution in [-0.2, 0) is 19.1 Å². The summed E-state index contributed by atoms with van der Waals surface area (Å²) in [4.78, 5) is 21.7. The van der Waals surface area contributed by atoms with Gasteiger partial charge in [0, 0.05) is 12.5 Å². The van der Waals surface area contributed by atoms with E-state index >= 15 is 0 Å².